The zero-order valence-electron chi connectivity index (χ0n) is 8.29. The summed E-state index contributed by atoms with van der Waals surface area (Å²) in [6.45, 7) is 3.80. The third-order valence-corrected chi connectivity index (χ3v) is 8.18. The van der Waals surface area contributed by atoms with Crippen LogP contribution in [0.15, 0.2) is 35.0 Å². The summed E-state index contributed by atoms with van der Waals surface area (Å²) in [5.74, 6) is -0.209. The van der Waals surface area contributed by atoms with E-state index in [0.29, 0.717) is 6.54 Å². The molecule has 0 radical (unpaired) electrons. The zero-order chi connectivity index (χ0) is 13.2. The molecule has 92 valence electrons. The monoisotopic (exact) mass is 551 g/mol. The third kappa shape index (κ3) is 3.65. The molecule has 7 heteroatoms. The summed E-state index contributed by atoms with van der Waals surface area (Å²) in [5.41, 5.74) is 0.933. The van der Waals surface area contributed by atoms with Gasteiger partial charge in [-0.15, -0.1) is 0 Å². The number of hydrogen-bond donors (Lipinski definition) is 1. The van der Waals surface area contributed by atoms with E-state index in [2.05, 4.69) is 91.5 Å². The number of nitrogens with one attached hydrogen (secondary N) is 1. The van der Waals surface area contributed by atoms with E-state index >= 15 is 0 Å². The quantitative estimate of drug-likeness (QED) is 0.306. The van der Waals surface area contributed by atoms with Crippen LogP contribution in [0.3, 0.4) is 0 Å². The average molecular weight is 556 g/mol. The predicted octanol–water partition coefficient (Wildman–Crippen LogP) is 5.30. The van der Waals surface area contributed by atoms with Gasteiger partial charge in [-0.05, 0) is 85.7 Å². The Bertz CT molecular complexity index is 457. The van der Waals surface area contributed by atoms with E-state index < -0.39 is 0 Å². The lowest BCUT2D eigenvalue weighted by Crippen LogP contribution is -2.20. The number of hydrogen-bond acceptors (Lipinski definition) is 1. The van der Waals surface area contributed by atoms with Gasteiger partial charge in [0.15, 0.2) is 0 Å². The molecular weight excluding hydrogens is 550 g/mol. The third-order valence-electron chi connectivity index (χ3n) is 1.93. The van der Waals surface area contributed by atoms with E-state index in [1.807, 2.05) is 0 Å². The SMILES string of the molecule is C=CC(=O)NCc1c(Br)c(Br)c(Br)c(Br)c1Br. The van der Waals surface area contributed by atoms with Crippen LogP contribution >= 0.6 is 79.6 Å². The first-order chi connectivity index (χ1) is 7.90. The number of carbonyl (C=O) groups excluding carboxylic acids is 1. The standard InChI is InChI=1S/C10H6Br5NO/c1-2-5(17)16-3-4-6(11)8(13)10(15)9(14)7(4)12/h2H,1,3H2,(H,16,17). The van der Waals surface area contributed by atoms with Crippen LogP contribution in [0.25, 0.3) is 0 Å². The molecule has 0 aromatic heterocycles. The first-order valence-electron chi connectivity index (χ1n) is 4.30. The molecule has 1 amide bonds. The highest BCUT2D eigenvalue weighted by atomic mass is 79.9. The molecule has 0 saturated carbocycles. The smallest absolute Gasteiger partial charge is 0.243 e. The molecule has 0 unspecified atom stereocenters. The molecule has 17 heavy (non-hydrogen) atoms. The van der Waals surface area contributed by atoms with Gasteiger partial charge in [0.1, 0.15) is 0 Å². The zero-order valence-corrected chi connectivity index (χ0v) is 16.2. The highest BCUT2D eigenvalue weighted by molar-refractivity contribution is 9.15. The van der Waals surface area contributed by atoms with Gasteiger partial charge in [-0.2, -0.15) is 0 Å². The lowest BCUT2D eigenvalue weighted by atomic mass is 10.2. The lowest BCUT2D eigenvalue weighted by Gasteiger charge is -2.13. The van der Waals surface area contributed by atoms with E-state index in [1.165, 1.54) is 6.08 Å². The maximum absolute atomic E-state index is 11.2. The van der Waals surface area contributed by atoms with Crippen molar-refractivity contribution in [2.45, 2.75) is 6.54 Å². The van der Waals surface area contributed by atoms with E-state index in [4.69, 9.17) is 0 Å². The molecule has 0 aliphatic rings. The van der Waals surface area contributed by atoms with Gasteiger partial charge in [-0.25, -0.2) is 0 Å². The molecule has 0 aliphatic heterocycles. The minimum absolute atomic E-state index is 0.209. The molecule has 0 heterocycles. The molecular formula is C10H6Br5NO. The highest BCUT2D eigenvalue weighted by Gasteiger charge is 2.17. The summed E-state index contributed by atoms with van der Waals surface area (Å²) in [6.07, 6.45) is 1.24. The highest BCUT2D eigenvalue weighted by Crippen LogP contribution is 2.44. The van der Waals surface area contributed by atoms with Crippen molar-refractivity contribution in [2.75, 3.05) is 0 Å². The van der Waals surface area contributed by atoms with Crippen LogP contribution in [-0.2, 0) is 11.3 Å². The fourth-order valence-electron chi connectivity index (χ4n) is 1.05. The van der Waals surface area contributed by atoms with Crippen molar-refractivity contribution in [3.05, 3.63) is 40.6 Å². The van der Waals surface area contributed by atoms with Crippen LogP contribution in [0.4, 0.5) is 0 Å². The Morgan fingerprint density at radius 1 is 1.00 bits per heavy atom. The Morgan fingerprint density at radius 3 is 1.82 bits per heavy atom. The molecule has 0 bridgehead atoms. The van der Waals surface area contributed by atoms with Crippen molar-refractivity contribution in [2.24, 2.45) is 0 Å². The molecule has 1 rings (SSSR count). The van der Waals surface area contributed by atoms with Crippen molar-refractivity contribution in [1.29, 1.82) is 0 Å². The molecule has 2 nitrogen and oxygen atoms in total. The molecule has 1 aromatic rings. The summed E-state index contributed by atoms with van der Waals surface area (Å²) in [5, 5.41) is 2.73. The van der Waals surface area contributed by atoms with Crippen LogP contribution in [0, 0.1) is 0 Å². The van der Waals surface area contributed by atoms with Crippen molar-refractivity contribution in [3.63, 3.8) is 0 Å². The molecule has 0 saturated heterocycles. The van der Waals surface area contributed by atoms with Gasteiger partial charge in [0.05, 0.1) is 0 Å². The Kier molecular flexibility index (Phi) is 6.39. The fourth-order valence-corrected chi connectivity index (χ4v) is 4.46. The van der Waals surface area contributed by atoms with Gasteiger partial charge in [-0.3, -0.25) is 4.79 Å². The molecule has 1 aromatic carbocycles. The second-order valence-electron chi connectivity index (χ2n) is 2.97. The van der Waals surface area contributed by atoms with E-state index in [1.54, 1.807) is 0 Å². The average Bonchev–Trinajstić information content (AvgIpc) is 2.33. The predicted molar refractivity (Wildman–Crippen MR) is 87.0 cm³/mol. The van der Waals surface area contributed by atoms with Crippen molar-refractivity contribution >= 4 is 85.6 Å². The lowest BCUT2D eigenvalue weighted by molar-refractivity contribution is -0.116. The molecule has 0 spiro atoms. The number of benzene rings is 1. The van der Waals surface area contributed by atoms with Gasteiger partial charge in [0.25, 0.3) is 0 Å². The van der Waals surface area contributed by atoms with Crippen LogP contribution in [0.1, 0.15) is 5.56 Å². The summed E-state index contributed by atoms with van der Waals surface area (Å²) < 4.78 is 4.42. The normalized spacial score (nSPS) is 10.2. The minimum Gasteiger partial charge on any atom is -0.348 e. The fraction of sp³-hybridized carbons (Fsp3) is 0.100. The van der Waals surface area contributed by atoms with Gasteiger partial charge in [0, 0.05) is 34.5 Å². The number of halogens is 5. The summed E-state index contributed by atoms with van der Waals surface area (Å²) in [7, 11) is 0. The van der Waals surface area contributed by atoms with E-state index in [9.17, 15) is 4.79 Å². The van der Waals surface area contributed by atoms with Crippen LogP contribution in [-0.4, -0.2) is 5.91 Å². The molecule has 0 atom stereocenters. The Morgan fingerprint density at radius 2 is 1.41 bits per heavy atom. The van der Waals surface area contributed by atoms with Gasteiger partial charge in [-0.1, -0.05) is 6.58 Å². The number of amides is 1. The van der Waals surface area contributed by atoms with E-state index in [0.717, 1.165) is 27.9 Å². The molecule has 1 N–H and O–H groups in total. The van der Waals surface area contributed by atoms with Crippen LogP contribution in [0.2, 0.25) is 0 Å². The Balaban J connectivity index is 3.16. The summed E-state index contributed by atoms with van der Waals surface area (Å²) >= 11 is 17.3. The summed E-state index contributed by atoms with van der Waals surface area (Å²) in [4.78, 5) is 11.2. The van der Waals surface area contributed by atoms with Crippen molar-refractivity contribution in [3.8, 4) is 0 Å². The Hall–Kier alpha value is 0.830. The second kappa shape index (κ2) is 6.84. The van der Waals surface area contributed by atoms with Gasteiger partial charge < -0.3 is 5.32 Å². The number of rotatable bonds is 3. The van der Waals surface area contributed by atoms with Gasteiger partial charge >= 0.3 is 0 Å². The first kappa shape index (κ1) is 15.9. The Labute approximate surface area is 141 Å². The van der Waals surface area contributed by atoms with Crippen molar-refractivity contribution in [1.82, 2.24) is 5.32 Å². The minimum atomic E-state index is -0.209. The molecule has 0 fully saturated rings. The van der Waals surface area contributed by atoms with Crippen molar-refractivity contribution < 1.29 is 4.79 Å². The largest absolute Gasteiger partial charge is 0.348 e. The topological polar surface area (TPSA) is 29.1 Å². The summed E-state index contributed by atoms with van der Waals surface area (Å²) in [6, 6.07) is 0. The van der Waals surface area contributed by atoms with Crippen LogP contribution in [0.5, 0.6) is 0 Å². The first-order valence-corrected chi connectivity index (χ1v) is 8.27. The van der Waals surface area contributed by atoms with Crippen LogP contribution < -0.4 is 5.32 Å². The number of carbonyl (C=O) groups is 1. The van der Waals surface area contributed by atoms with E-state index in [-0.39, 0.29) is 5.91 Å². The second-order valence-corrected chi connectivity index (χ2v) is 6.94. The maximum atomic E-state index is 11.2. The van der Waals surface area contributed by atoms with Gasteiger partial charge in [0.2, 0.25) is 5.91 Å². The molecule has 0 aliphatic carbocycles. The maximum Gasteiger partial charge on any atom is 0.243 e.